The van der Waals surface area contributed by atoms with E-state index in [-0.39, 0.29) is 16.3 Å². The number of anilines is 1. The first kappa shape index (κ1) is 16.4. The summed E-state index contributed by atoms with van der Waals surface area (Å²) in [5.41, 5.74) is 0.766. The van der Waals surface area contributed by atoms with Crippen LogP contribution in [0.3, 0.4) is 0 Å². The van der Waals surface area contributed by atoms with Crippen molar-refractivity contribution in [2.24, 2.45) is 0 Å². The van der Waals surface area contributed by atoms with Gasteiger partial charge in [0.1, 0.15) is 12.2 Å². The average molecular weight is 333 g/mol. The van der Waals surface area contributed by atoms with Gasteiger partial charge in [-0.1, -0.05) is 11.6 Å². The van der Waals surface area contributed by atoms with Crippen LogP contribution in [0.4, 0.5) is 23.7 Å². The minimum atomic E-state index is -4.44. The maximum absolute atomic E-state index is 12.7. The standard InChI is InChI=1S/C14H12ClF3N2O2/c1-7-10(4-3-9(6-19)12(7)15)20-11(5-14(16,17)18)8(2)22-13(20)21/h3-4,8,11H,5H2,1-2H3/t8-,11+/m1/s1. The van der Waals surface area contributed by atoms with Crippen molar-refractivity contribution in [2.45, 2.75) is 38.6 Å². The molecule has 1 aliphatic heterocycles. The lowest BCUT2D eigenvalue weighted by Gasteiger charge is -2.26. The van der Waals surface area contributed by atoms with Crippen molar-refractivity contribution in [3.63, 3.8) is 0 Å². The Bertz CT molecular complexity index is 655. The third-order valence-electron chi connectivity index (χ3n) is 3.54. The summed E-state index contributed by atoms with van der Waals surface area (Å²) in [6.45, 7) is 2.95. The molecule has 2 atom stereocenters. The van der Waals surface area contributed by atoms with Crippen LogP contribution in [-0.2, 0) is 4.74 Å². The summed E-state index contributed by atoms with van der Waals surface area (Å²) >= 11 is 6.02. The summed E-state index contributed by atoms with van der Waals surface area (Å²) in [7, 11) is 0. The summed E-state index contributed by atoms with van der Waals surface area (Å²) < 4.78 is 43.1. The molecule has 4 nitrogen and oxygen atoms in total. The maximum Gasteiger partial charge on any atom is 0.415 e. The molecule has 8 heteroatoms. The molecular formula is C14H12ClF3N2O2. The van der Waals surface area contributed by atoms with E-state index in [1.807, 2.05) is 6.07 Å². The van der Waals surface area contributed by atoms with Crippen LogP contribution in [0.2, 0.25) is 5.02 Å². The number of alkyl halides is 3. The van der Waals surface area contributed by atoms with Crippen LogP contribution in [0.25, 0.3) is 0 Å². The van der Waals surface area contributed by atoms with E-state index < -0.39 is 30.8 Å². The van der Waals surface area contributed by atoms with Crippen molar-refractivity contribution in [3.8, 4) is 6.07 Å². The molecule has 0 radical (unpaired) electrons. The average Bonchev–Trinajstić information content (AvgIpc) is 2.66. The molecule has 118 valence electrons. The lowest BCUT2D eigenvalue weighted by Crippen LogP contribution is -2.39. The first-order chi connectivity index (χ1) is 10.2. The Morgan fingerprint density at radius 3 is 2.64 bits per heavy atom. The lowest BCUT2D eigenvalue weighted by atomic mass is 10.0. The van der Waals surface area contributed by atoms with Crippen LogP contribution in [0.5, 0.6) is 0 Å². The maximum atomic E-state index is 12.7. The van der Waals surface area contributed by atoms with Gasteiger partial charge >= 0.3 is 12.3 Å². The molecule has 1 fully saturated rings. The highest BCUT2D eigenvalue weighted by Crippen LogP contribution is 2.38. The second-order valence-corrected chi connectivity index (χ2v) is 5.41. The number of rotatable bonds is 2. The van der Waals surface area contributed by atoms with Gasteiger partial charge in [0.05, 0.1) is 28.7 Å². The van der Waals surface area contributed by atoms with Crippen molar-refractivity contribution in [2.75, 3.05) is 4.90 Å². The Kier molecular flexibility index (Phi) is 4.25. The number of cyclic esters (lactones) is 1. The minimum Gasteiger partial charge on any atom is -0.444 e. The topological polar surface area (TPSA) is 53.3 Å². The van der Waals surface area contributed by atoms with Crippen LogP contribution in [-0.4, -0.2) is 24.4 Å². The summed E-state index contributed by atoms with van der Waals surface area (Å²) in [6.07, 6.45) is -7.37. The highest BCUT2D eigenvalue weighted by Gasteiger charge is 2.46. The largest absolute Gasteiger partial charge is 0.444 e. The van der Waals surface area contributed by atoms with Crippen molar-refractivity contribution in [3.05, 3.63) is 28.3 Å². The molecule has 1 aliphatic rings. The van der Waals surface area contributed by atoms with Gasteiger partial charge in [0.25, 0.3) is 0 Å². The molecule has 0 unspecified atom stereocenters. The van der Waals surface area contributed by atoms with Crippen LogP contribution < -0.4 is 4.90 Å². The minimum absolute atomic E-state index is 0.109. The van der Waals surface area contributed by atoms with Gasteiger partial charge in [-0.15, -0.1) is 0 Å². The highest BCUT2D eigenvalue weighted by molar-refractivity contribution is 6.33. The third-order valence-corrected chi connectivity index (χ3v) is 4.02. The molecule has 1 aromatic carbocycles. The first-order valence-electron chi connectivity index (χ1n) is 6.41. The fraction of sp³-hybridized carbons (Fsp3) is 0.429. The first-order valence-corrected chi connectivity index (χ1v) is 6.79. The molecular weight excluding hydrogens is 321 g/mol. The smallest absolute Gasteiger partial charge is 0.415 e. The second kappa shape index (κ2) is 5.69. The van der Waals surface area contributed by atoms with Crippen LogP contribution >= 0.6 is 11.6 Å². The summed E-state index contributed by atoms with van der Waals surface area (Å²) in [5.74, 6) is 0. The summed E-state index contributed by atoms with van der Waals surface area (Å²) in [5, 5.41) is 9.02. The molecule has 1 amide bonds. The van der Waals surface area contributed by atoms with Crippen molar-refractivity contribution in [1.82, 2.24) is 0 Å². The van der Waals surface area contributed by atoms with E-state index in [9.17, 15) is 18.0 Å². The molecule has 0 saturated carbocycles. The lowest BCUT2D eigenvalue weighted by molar-refractivity contribution is -0.140. The molecule has 0 aliphatic carbocycles. The zero-order valence-electron chi connectivity index (χ0n) is 11.7. The monoisotopic (exact) mass is 332 g/mol. The normalized spacial score (nSPS) is 21.7. The Morgan fingerprint density at radius 2 is 2.09 bits per heavy atom. The van der Waals surface area contributed by atoms with Crippen LogP contribution in [0, 0.1) is 18.3 Å². The molecule has 1 heterocycles. The van der Waals surface area contributed by atoms with Gasteiger partial charge in [0.2, 0.25) is 0 Å². The fourth-order valence-electron chi connectivity index (χ4n) is 2.43. The molecule has 0 N–H and O–H groups in total. The predicted molar refractivity (Wildman–Crippen MR) is 73.8 cm³/mol. The van der Waals surface area contributed by atoms with Crippen LogP contribution in [0.1, 0.15) is 24.5 Å². The number of halogens is 4. The van der Waals surface area contributed by atoms with E-state index in [1.165, 1.54) is 19.1 Å². The van der Waals surface area contributed by atoms with Gasteiger partial charge in [-0.2, -0.15) is 18.4 Å². The fourth-order valence-corrected chi connectivity index (χ4v) is 2.64. The Labute approximate surface area is 130 Å². The van der Waals surface area contributed by atoms with Gasteiger partial charge in [-0.05, 0) is 31.5 Å². The second-order valence-electron chi connectivity index (χ2n) is 5.03. The Morgan fingerprint density at radius 1 is 1.45 bits per heavy atom. The third kappa shape index (κ3) is 2.97. The van der Waals surface area contributed by atoms with Crippen LogP contribution in [0.15, 0.2) is 12.1 Å². The van der Waals surface area contributed by atoms with Gasteiger partial charge in [-0.3, -0.25) is 4.90 Å². The van der Waals surface area contributed by atoms with Gasteiger partial charge in [0, 0.05) is 0 Å². The molecule has 1 aromatic rings. The number of carbonyl (C=O) groups is 1. The number of amides is 1. The number of nitrogens with zero attached hydrogens (tertiary/aromatic N) is 2. The molecule has 2 rings (SSSR count). The van der Waals surface area contributed by atoms with Gasteiger partial charge in [0.15, 0.2) is 0 Å². The number of ether oxygens (including phenoxy) is 1. The number of benzene rings is 1. The quantitative estimate of drug-likeness (QED) is 0.816. The van der Waals surface area contributed by atoms with Crippen molar-refractivity contribution >= 4 is 23.4 Å². The number of hydrogen-bond acceptors (Lipinski definition) is 3. The number of hydrogen-bond donors (Lipinski definition) is 0. The predicted octanol–water partition coefficient (Wildman–Crippen LogP) is 4.19. The Hall–Kier alpha value is -1.94. The van der Waals surface area contributed by atoms with Crippen molar-refractivity contribution in [1.29, 1.82) is 5.26 Å². The SMILES string of the molecule is Cc1c(N2C(=O)O[C@H](C)[C@@H]2CC(F)(F)F)ccc(C#N)c1Cl. The van der Waals surface area contributed by atoms with Gasteiger partial charge < -0.3 is 4.74 Å². The van der Waals surface area contributed by atoms with E-state index in [1.54, 1.807) is 6.92 Å². The van der Waals surface area contributed by atoms with E-state index in [0.29, 0.717) is 5.56 Å². The molecule has 0 bridgehead atoms. The molecule has 0 spiro atoms. The Balaban J connectivity index is 2.47. The molecule has 22 heavy (non-hydrogen) atoms. The van der Waals surface area contributed by atoms with E-state index >= 15 is 0 Å². The molecule has 1 saturated heterocycles. The summed E-state index contributed by atoms with van der Waals surface area (Å²) in [4.78, 5) is 12.9. The van der Waals surface area contributed by atoms with E-state index in [0.717, 1.165) is 4.90 Å². The number of carbonyl (C=O) groups excluding carboxylic acids is 1. The number of nitriles is 1. The van der Waals surface area contributed by atoms with Crippen molar-refractivity contribution < 1.29 is 22.7 Å². The van der Waals surface area contributed by atoms with Gasteiger partial charge in [-0.25, -0.2) is 4.79 Å². The van der Waals surface area contributed by atoms with E-state index in [4.69, 9.17) is 21.6 Å². The summed E-state index contributed by atoms with van der Waals surface area (Å²) in [6, 6.07) is 3.48. The van der Waals surface area contributed by atoms with E-state index in [2.05, 4.69) is 0 Å². The zero-order chi connectivity index (χ0) is 16.7. The zero-order valence-corrected chi connectivity index (χ0v) is 12.5. The molecule has 0 aromatic heterocycles. The highest BCUT2D eigenvalue weighted by atomic mass is 35.5.